The average Bonchev–Trinajstić information content (AvgIpc) is 2.65. The summed E-state index contributed by atoms with van der Waals surface area (Å²) in [6.45, 7) is 0. The molecule has 0 aromatic carbocycles. The third-order valence-electron chi connectivity index (χ3n) is 5.98. The third-order valence-corrected chi connectivity index (χ3v) is 6.54. The summed E-state index contributed by atoms with van der Waals surface area (Å²) in [5.74, 6) is -49.2. The summed E-state index contributed by atoms with van der Waals surface area (Å²) in [6, 6.07) is 0. The van der Waals surface area contributed by atoms with Gasteiger partial charge in [0.25, 0.3) is 0 Å². The molecule has 0 aromatic rings. The summed E-state index contributed by atoms with van der Waals surface area (Å²) in [5.41, 5.74) is -30.8. The van der Waals surface area contributed by atoms with E-state index in [-0.39, 0.29) is 5.33 Å². The molecule has 0 aromatic heterocycles. The Balaban J connectivity index is 2.53. The van der Waals surface area contributed by atoms with Gasteiger partial charge in [-0.3, -0.25) is 4.79 Å². The van der Waals surface area contributed by atoms with Crippen molar-refractivity contribution < 1.29 is 75.4 Å². The summed E-state index contributed by atoms with van der Waals surface area (Å²) >= 11 is 2.59. The molecule has 0 aliphatic heterocycles. The van der Waals surface area contributed by atoms with E-state index in [1.54, 1.807) is 0 Å². The zero-order valence-corrected chi connectivity index (χ0v) is 16.1. The van der Waals surface area contributed by atoms with Crippen molar-refractivity contribution in [1.29, 1.82) is 0 Å². The molecule has 32 heavy (non-hydrogen) atoms. The van der Waals surface area contributed by atoms with Crippen LogP contribution < -0.4 is 0 Å². The lowest BCUT2D eigenvalue weighted by Gasteiger charge is -2.73. The van der Waals surface area contributed by atoms with E-state index in [4.69, 9.17) is 0 Å². The molecule has 4 aliphatic carbocycles. The van der Waals surface area contributed by atoms with Crippen molar-refractivity contribution in [3.8, 4) is 0 Å². The number of carbonyl (C=O) groups excluding carboxylic acids is 1. The second-order valence-electron chi connectivity index (χ2n) is 7.37. The molecule has 0 amide bonds. The summed E-state index contributed by atoms with van der Waals surface area (Å²) in [7, 11) is 0. The molecule has 4 bridgehead atoms. The van der Waals surface area contributed by atoms with E-state index >= 15 is 13.2 Å². The van der Waals surface area contributed by atoms with Crippen molar-refractivity contribution in [2.75, 3.05) is 5.33 Å². The molecule has 4 fully saturated rings. The van der Waals surface area contributed by atoms with Gasteiger partial charge in [0.15, 0.2) is 0 Å². The fraction of sp³-hybridized carbons (Fsp3) is 0.929. The minimum atomic E-state index is -7.91. The Morgan fingerprint density at radius 3 is 1.12 bits per heavy atom. The normalized spacial score (nSPS) is 48.5. The third kappa shape index (κ3) is 1.67. The first-order valence-electron chi connectivity index (χ1n) is 8.07. The summed E-state index contributed by atoms with van der Waals surface area (Å²) in [6.07, 6.45) is -2.04. The first-order chi connectivity index (χ1) is 14.0. The van der Waals surface area contributed by atoms with Gasteiger partial charge >= 0.3 is 64.1 Å². The molecule has 0 N–H and O–H groups in total. The Bertz CT molecular complexity index is 784. The van der Waals surface area contributed by atoms with Crippen LogP contribution in [0.3, 0.4) is 0 Å². The van der Waals surface area contributed by atoms with Gasteiger partial charge in [-0.05, 0) is 6.42 Å². The van der Waals surface area contributed by atoms with E-state index in [0.29, 0.717) is 0 Å². The maximum atomic E-state index is 15.2. The lowest BCUT2D eigenvalue weighted by molar-refractivity contribution is -0.613. The fourth-order valence-corrected chi connectivity index (χ4v) is 4.65. The smallest absolute Gasteiger partial charge is 0.342 e. The predicted octanol–water partition coefficient (Wildman–Crippen LogP) is 5.42. The molecule has 0 atom stereocenters. The van der Waals surface area contributed by atoms with E-state index in [0.717, 1.165) is 0 Å². The zero-order chi connectivity index (χ0) is 25.4. The molecule has 2 nitrogen and oxygen atoms in total. The van der Waals surface area contributed by atoms with Crippen LogP contribution in [0.5, 0.6) is 0 Å². The van der Waals surface area contributed by atoms with Crippen molar-refractivity contribution in [2.24, 2.45) is 0 Å². The maximum absolute atomic E-state index is 15.2. The summed E-state index contributed by atoms with van der Waals surface area (Å²) in [5, 5.41) is -0.297. The molecular formula is C14H6BrF15O2. The van der Waals surface area contributed by atoms with Crippen molar-refractivity contribution >= 4 is 21.9 Å². The predicted molar refractivity (Wildman–Crippen MR) is 73.0 cm³/mol. The Morgan fingerprint density at radius 1 is 0.562 bits per heavy atom. The van der Waals surface area contributed by atoms with Crippen LogP contribution >= 0.6 is 15.9 Å². The highest BCUT2D eigenvalue weighted by atomic mass is 79.9. The SMILES string of the molecule is O=C(CCCBr)OC1(F)C2(F)C(F)(F)C3(F)C(F)(F)C(F)(C2(F)F)C(F)(F)C1(F)C3(F)F. The molecule has 4 aliphatic rings. The van der Waals surface area contributed by atoms with Gasteiger partial charge in [-0.25, -0.2) is 17.6 Å². The molecular weight excluding hydrogens is 565 g/mol. The number of hydrogen-bond acceptors (Lipinski definition) is 2. The quantitative estimate of drug-likeness (QED) is 0.256. The van der Waals surface area contributed by atoms with E-state index in [9.17, 15) is 57.5 Å². The first-order valence-corrected chi connectivity index (χ1v) is 9.19. The number of alkyl halides is 16. The lowest BCUT2D eigenvalue weighted by Crippen LogP contribution is -3.09. The summed E-state index contributed by atoms with van der Waals surface area (Å²) < 4.78 is 220. The molecule has 0 radical (unpaired) electrons. The van der Waals surface area contributed by atoms with Crippen LogP contribution in [0.15, 0.2) is 0 Å². The van der Waals surface area contributed by atoms with Gasteiger partial charge in [-0.2, -0.15) is 48.3 Å². The van der Waals surface area contributed by atoms with Crippen molar-refractivity contribution in [3.05, 3.63) is 0 Å². The molecule has 0 spiro atoms. The van der Waals surface area contributed by atoms with Crippen LogP contribution in [0, 0.1) is 0 Å². The van der Waals surface area contributed by atoms with E-state index in [2.05, 4.69) is 20.7 Å². The molecule has 18 heteroatoms. The van der Waals surface area contributed by atoms with E-state index in [1.165, 1.54) is 0 Å². The minimum Gasteiger partial charge on any atom is -0.420 e. The number of esters is 1. The van der Waals surface area contributed by atoms with Crippen LogP contribution in [-0.2, 0) is 9.53 Å². The van der Waals surface area contributed by atoms with Gasteiger partial charge < -0.3 is 4.74 Å². The second kappa shape index (κ2) is 5.75. The highest BCUT2D eigenvalue weighted by Gasteiger charge is 3.24. The lowest BCUT2D eigenvalue weighted by atomic mass is 9.40. The molecule has 4 saturated carbocycles. The molecule has 0 unspecified atom stereocenters. The highest BCUT2D eigenvalue weighted by molar-refractivity contribution is 9.09. The number of carbonyl (C=O) groups is 1. The van der Waals surface area contributed by atoms with Gasteiger partial charge in [0.2, 0.25) is 0 Å². The monoisotopic (exact) mass is 570 g/mol. The Kier molecular flexibility index (Phi) is 4.59. The summed E-state index contributed by atoms with van der Waals surface area (Å²) in [4.78, 5) is 11.5. The highest BCUT2D eigenvalue weighted by Crippen LogP contribution is 2.88. The molecule has 0 heterocycles. The minimum absolute atomic E-state index is 0.297. The van der Waals surface area contributed by atoms with Gasteiger partial charge in [-0.1, -0.05) is 15.9 Å². The molecule has 0 saturated heterocycles. The Hall–Kier alpha value is -1.10. The largest absolute Gasteiger partial charge is 0.420 e. The number of halogens is 16. The van der Waals surface area contributed by atoms with Crippen LogP contribution in [0.2, 0.25) is 0 Å². The standard InChI is InChI=1S/C14H6BrF15O2/c15-3-1-2-4(31)32-14(30)7(18)10(22,23)5(16)9(20,21)6(17,12(7,26)27)13(28,29)8(14,19)11(5,24)25/h1-3H2. The maximum Gasteiger partial charge on any atom is 0.342 e. The van der Waals surface area contributed by atoms with Crippen LogP contribution in [0.4, 0.5) is 65.9 Å². The average molecular weight is 571 g/mol. The van der Waals surface area contributed by atoms with Crippen molar-refractivity contribution in [3.63, 3.8) is 0 Å². The number of ether oxygens (including phenoxy) is 1. The Labute approximate surface area is 174 Å². The van der Waals surface area contributed by atoms with E-state index < -0.39 is 77.0 Å². The topological polar surface area (TPSA) is 26.3 Å². The number of hydrogen-bond donors (Lipinski definition) is 0. The number of rotatable bonds is 4. The zero-order valence-electron chi connectivity index (χ0n) is 14.5. The van der Waals surface area contributed by atoms with E-state index in [1.807, 2.05) is 0 Å². The fourth-order valence-electron chi connectivity index (χ4n) is 4.37. The van der Waals surface area contributed by atoms with Gasteiger partial charge in [0.1, 0.15) is 0 Å². The van der Waals surface area contributed by atoms with Crippen LogP contribution in [0.25, 0.3) is 0 Å². The van der Waals surface area contributed by atoms with Gasteiger partial charge in [0.05, 0.1) is 0 Å². The molecule has 186 valence electrons. The first kappa shape index (κ1) is 25.5. The van der Waals surface area contributed by atoms with Crippen molar-refractivity contribution in [2.45, 2.75) is 71.0 Å². The van der Waals surface area contributed by atoms with Crippen molar-refractivity contribution in [1.82, 2.24) is 0 Å². The van der Waals surface area contributed by atoms with Crippen LogP contribution in [-0.4, -0.2) is 69.4 Å². The second-order valence-corrected chi connectivity index (χ2v) is 8.16. The molecule has 4 rings (SSSR count). The van der Waals surface area contributed by atoms with Crippen LogP contribution in [0.1, 0.15) is 12.8 Å². The van der Waals surface area contributed by atoms with Gasteiger partial charge in [-0.15, -0.1) is 0 Å². The van der Waals surface area contributed by atoms with Gasteiger partial charge in [0, 0.05) is 11.8 Å². The Morgan fingerprint density at radius 2 is 0.844 bits per heavy atom.